The predicted molar refractivity (Wildman–Crippen MR) is 55.8 cm³/mol. The zero-order valence-electron chi connectivity index (χ0n) is 8.85. The Morgan fingerprint density at radius 2 is 2.25 bits per heavy atom. The van der Waals surface area contributed by atoms with Crippen LogP contribution in [0.5, 0.6) is 0 Å². The summed E-state index contributed by atoms with van der Waals surface area (Å²) >= 11 is 0. The Labute approximate surface area is 93.3 Å². The van der Waals surface area contributed by atoms with Crippen molar-refractivity contribution >= 4 is 11.9 Å². The highest BCUT2D eigenvalue weighted by Crippen LogP contribution is 2.12. The Balaban J connectivity index is 2.28. The lowest BCUT2D eigenvalue weighted by Gasteiger charge is -2.09. The topological polar surface area (TPSA) is 72.8 Å². The third-order valence-corrected chi connectivity index (χ3v) is 2.11. The van der Waals surface area contributed by atoms with Crippen LogP contribution in [0, 0.1) is 0 Å². The predicted octanol–water partition coefficient (Wildman–Crippen LogP) is 0.906. The second-order valence-electron chi connectivity index (χ2n) is 3.43. The molecule has 5 heteroatoms. The number of carbonyl (C=O) groups excluding carboxylic acids is 1. The molecular formula is C11H14O5. The van der Waals surface area contributed by atoms with Gasteiger partial charge in [0.1, 0.15) is 6.61 Å². The fourth-order valence-corrected chi connectivity index (χ4v) is 1.28. The van der Waals surface area contributed by atoms with Crippen molar-refractivity contribution in [3.63, 3.8) is 0 Å². The van der Waals surface area contributed by atoms with Gasteiger partial charge in [0.05, 0.1) is 11.7 Å². The minimum Gasteiger partial charge on any atom is -0.478 e. The van der Waals surface area contributed by atoms with Gasteiger partial charge in [0.15, 0.2) is 0 Å². The average molecular weight is 226 g/mol. The molecule has 0 radical (unpaired) electrons. The average Bonchev–Trinajstić information content (AvgIpc) is 2.75. The minimum atomic E-state index is -1.13. The van der Waals surface area contributed by atoms with Crippen LogP contribution in [0.15, 0.2) is 24.3 Å². The molecule has 0 aromatic heterocycles. The number of hydrogen-bond donors (Lipinski definition) is 1. The quantitative estimate of drug-likeness (QED) is 0.428. The maximum atomic E-state index is 11.3. The minimum absolute atomic E-state index is 0.0143. The van der Waals surface area contributed by atoms with Gasteiger partial charge in [-0.05, 0) is 18.9 Å². The van der Waals surface area contributed by atoms with Crippen LogP contribution in [0.4, 0.5) is 0 Å². The molecule has 1 rings (SSSR count). The van der Waals surface area contributed by atoms with Gasteiger partial charge in [0.25, 0.3) is 0 Å². The Hall–Kier alpha value is -1.62. The van der Waals surface area contributed by atoms with Crippen LogP contribution >= 0.6 is 0 Å². The van der Waals surface area contributed by atoms with Gasteiger partial charge in [-0.15, -0.1) is 0 Å². The van der Waals surface area contributed by atoms with Crippen LogP contribution in [0.25, 0.3) is 0 Å². The molecule has 1 unspecified atom stereocenters. The molecule has 1 saturated heterocycles. The fourth-order valence-electron chi connectivity index (χ4n) is 1.28. The first-order valence-electron chi connectivity index (χ1n) is 4.98. The van der Waals surface area contributed by atoms with Gasteiger partial charge in [0.2, 0.25) is 0 Å². The number of ether oxygens (including phenoxy) is 2. The van der Waals surface area contributed by atoms with Gasteiger partial charge in [-0.2, -0.15) is 0 Å². The third kappa shape index (κ3) is 4.27. The molecule has 0 aromatic carbocycles. The van der Waals surface area contributed by atoms with Crippen molar-refractivity contribution in [3.05, 3.63) is 24.3 Å². The van der Waals surface area contributed by atoms with Crippen molar-refractivity contribution in [2.45, 2.75) is 18.9 Å². The summed E-state index contributed by atoms with van der Waals surface area (Å²) in [5.74, 6) is -1.75. The van der Waals surface area contributed by atoms with E-state index in [2.05, 4.69) is 6.58 Å². The standard InChI is InChI=1S/C11H14O5/c1-8(4-5-10(12)13)11(14)16-7-9-3-2-6-15-9/h4-5,9H,1-3,6-7H2,(H,12,13). The van der Waals surface area contributed by atoms with Gasteiger partial charge in [0, 0.05) is 12.7 Å². The van der Waals surface area contributed by atoms with Crippen molar-refractivity contribution in [1.82, 2.24) is 0 Å². The molecule has 1 aliphatic heterocycles. The molecule has 88 valence electrons. The van der Waals surface area contributed by atoms with Crippen molar-refractivity contribution in [1.29, 1.82) is 0 Å². The molecule has 0 amide bonds. The molecule has 1 fully saturated rings. The molecule has 0 bridgehead atoms. The van der Waals surface area contributed by atoms with E-state index < -0.39 is 11.9 Å². The smallest absolute Gasteiger partial charge is 0.337 e. The van der Waals surface area contributed by atoms with E-state index in [1.54, 1.807) is 0 Å². The molecule has 0 aromatic rings. The van der Waals surface area contributed by atoms with Gasteiger partial charge in [-0.1, -0.05) is 6.58 Å². The number of carbonyl (C=O) groups is 2. The van der Waals surface area contributed by atoms with Crippen molar-refractivity contribution in [2.75, 3.05) is 13.2 Å². The van der Waals surface area contributed by atoms with Crippen LogP contribution in [0.2, 0.25) is 0 Å². The fraction of sp³-hybridized carbons (Fsp3) is 0.455. The highest BCUT2D eigenvalue weighted by molar-refractivity contribution is 5.93. The summed E-state index contributed by atoms with van der Waals surface area (Å²) in [6.07, 6.45) is 3.77. The van der Waals surface area contributed by atoms with E-state index in [-0.39, 0.29) is 18.3 Å². The van der Waals surface area contributed by atoms with E-state index in [0.29, 0.717) is 6.61 Å². The normalized spacial score (nSPS) is 19.9. The molecule has 0 aliphatic carbocycles. The first-order chi connectivity index (χ1) is 7.59. The SMILES string of the molecule is C=C(C=CC(=O)O)C(=O)OCC1CCCO1. The summed E-state index contributed by atoms with van der Waals surface area (Å²) < 4.78 is 10.2. The molecule has 1 atom stereocenters. The number of carboxylic acids is 1. The molecule has 16 heavy (non-hydrogen) atoms. The van der Waals surface area contributed by atoms with Crippen LogP contribution in [0.1, 0.15) is 12.8 Å². The van der Waals surface area contributed by atoms with Crippen LogP contribution < -0.4 is 0 Å². The van der Waals surface area contributed by atoms with E-state index in [0.717, 1.165) is 25.0 Å². The van der Waals surface area contributed by atoms with Gasteiger partial charge >= 0.3 is 11.9 Å². The number of rotatable bonds is 5. The van der Waals surface area contributed by atoms with Gasteiger partial charge in [-0.3, -0.25) is 0 Å². The monoisotopic (exact) mass is 226 g/mol. The van der Waals surface area contributed by atoms with Crippen molar-refractivity contribution < 1.29 is 24.2 Å². The number of aliphatic carboxylic acids is 1. The number of carboxylic acid groups (broad SMARTS) is 1. The third-order valence-electron chi connectivity index (χ3n) is 2.11. The summed E-state index contributed by atoms with van der Waals surface area (Å²) in [4.78, 5) is 21.5. The summed E-state index contributed by atoms with van der Waals surface area (Å²) in [5, 5.41) is 8.35. The first-order valence-corrected chi connectivity index (χ1v) is 4.98. The summed E-state index contributed by atoms with van der Waals surface area (Å²) in [6, 6.07) is 0. The maximum Gasteiger partial charge on any atom is 0.337 e. The summed E-state index contributed by atoms with van der Waals surface area (Å²) in [7, 11) is 0. The molecule has 1 N–H and O–H groups in total. The van der Waals surface area contributed by atoms with E-state index in [1.807, 2.05) is 0 Å². The van der Waals surface area contributed by atoms with Crippen molar-refractivity contribution in [2.24, 2.45) is 0 Å². The highest BCUT2D eigenvalue weighted by atomic mass is 16.6. The van der Waals surface area contributed by atoms with E-state index >= 15 is 0 Å². The lowest BCUT2D eigenvalue weighted by Crippen LogP contribution is -2.18. The lowest BCUT2D eigenvalue weighted by molar-refractivity contribution is -0.141. The van der Waals surface area contributed by atoms with Gasteiger partial charge in [-0.25, -0.2) is 9.59 Å². The largest absolute Gasteiger partial charge is 0.478 e. The maximum absolute atomic E-state index is 11.3. The zero-order chi connectivity index (χ0) is 12.0. The number of esters is 1. The Kier molecular flexibility index (Phi) is 4.72. The van der Waals surface area contributed by atoms with Crippen LogP contribution in [-0.2, 0) is 19.1 Å². The van der Waals surface area contributed by atoms with Gasteiger partial charge < -0.3 is 14.6 Å². The zero-order valence-corrected chi connectivity index (χ0v) is 8.85. The van der Waals surface area contributed by atoms with E-state index in [1.165, 1.54) is 0 Å². The molecule has 0 spiro atoms. The molecule has 5 nitrogen and oxygen atoms in total. The summed E-state index contributed by atoms with van der Waals surface area (Å²) in [6.45, 7) is 4.30. The molecule has 1 heterocycles. The second-order valence-corrected chi connectivity index (χ2v) is 3.43. The molecular weight excluding hydrogens is 212 g/mol. The van der Waals surface area contributed by atoms with E-state index in [9.17, 15) is 9.59 Å². The Morgan fingerprint density at radius 1 is 1.50 bits per heavy atom. The molecule has 1 aliphatic rings. The van der Waals surface area contributed by atoms with Crippen LogP contribution in [0.3, 0.4) is 0 Å². The first kappa shape index (κ1) is 12.4. The second kappa shape index (κ2) is 6.07. The summed E-state index contributed by atoms with van der Waals surface area (Å²) in [5.41, 5.74) is 0.0143. The van der Waals surface area contributed by atoms with Crippen molar-refractivity contribution in [3.8, 4) is 0 Å². The van der Waals surface area contributed by atoms with E-state index in [4.69, 9.17) is 14.6 Å². The number of hydrogen-bond acceptors (Lipinski definition) is 4. The Bertz CT molecular complexity index is 312. The van der Waals surface area contributed by atoms with Crippen LogP contribution in [-0.4, -0.2) is 36.4 Å². The lowest BCUT2D eigenvalue weighted by atomic mass is 10.2. The highest BCUT2D eigenvalue weighted by Gasteiger charge is 2.17. The Morgan fingerprint density at radius 3 is 2.81 bits per heavy atom. The molecule has 0 saturated carbocycles.